The summed E-state index contributed by atoms with van der Waals surface area (Å²) in [5, 5.41) is 20.1. The molecule has 0 amide bonds. The Bertz CT molecular complexity index is 608. The minimum absolute atomic E-state index is 0.00966. The third kappa shape index (κ3) is 4.22. The van der Waals surface area contributed by atoms with Gasteiger partial charge >= 0.3 is 0 Å². The van der Waals surface area contributed by atoms with Gasteiger partial charge in [-0.15, -0.1) is 0 Å². The Morgan fingerprint density at radius 2 is 1.85 bits per heavy atom. The highest BCUT2D eigenvalue weighted by atomic mass is 19.3. The molecule has 0 heterocycles. The van der Waals surface area contributed by atoms with Crippen molar-refractivity contribution in [2.75, 3.05) is 0 Å². The lowest BCUT2D eigenvalue weighted by atomic mass is 9.61. The van der Waals surface area contributed by atoms with Crippen LogP contribution in [0, 0.1) is 23.2 Å². The molecule has 27 heavy (non-hydrogen) atoms. The molecule has 3 saturated carbocycles. The predicted octanol–water partition coefficient (Wildman–Crippen LogP) is 5.42. The second-order valence-electron chi connectivity index (χ2n) is 9.28. The highest BCUT2D eigenvalue weighted by Gasteiger charge is 2.50. The lowest BCUT2D eigenvalue weighted by molar-refractivity contribution is 0.0522. The van der Waals surface area contributed by atoms with E-state index < -0.39 is 18.6 Å². The van der Waals surface area contributed by atoms with Crippen LogP contribution in [0.5, 0.6) is 0 Å². The molecule has 0 spiro atoms. The maximum Gasteiger partial charge on any atom is 0.238 e. The topological polar surface area (TPSA) is 40.5 Å². The fourth-order valence-corrected chi connectivity index (χ4v) is 6.08. The molecule has 0 saturated heterocycles. The van der Waals surface area contributed by atoms with E-state index in [0.717, 1.165) is 37.7 Å². The van der Waals surface area contributed by atoms with E-state index >= 15 is 0 Å². The summed E-state index contributed by atoms with van der Waals surface area (Å²) in [5.41, 5.74) is 3.12. The van der Waals surface area contributed by atoms with Gasteiger partial charge < -0.3 is 10.2 Å². The van der Waals surface area contributed by atoms with E-state index in [1.165, 1.54) is 5.57 Å². The molecule has 3 rings (SSSR count). The maximum absolute atomic E-state index is 12.9. The van der Waals surface area contributed by atoms with Crippen LogP contribution >= 0.6 is 0 Å². The molecule has 2 N–H and O–H groups in total. The van der Waals surface area contributed by atoms with Crippen LogP contribution in [-0.4, -0.2) is 28.8 Å². The molecule has 6 atom stereocenters. The average molecular weight is 381 g/mol. The summed E-state index contributed by atoms with van der Waals surface area (Å²) in [6, 6.07) is 0. The van der Waals surface area contributed by atoms with Gasteiger partial charge in [-0.25, -0.2) is 8.78 Å². The Morgan fingerprint density at radius 3 is 2.48 bits per heavy atom. The Morgan fingerprint density at radius 1 is 1.19 bits per heavy atom. The van der Waals surface area contributed by atoms with Gasteiger partial charge in [-0.2, -0.15) is 0 Å². The normalized spacial score (nSPS) is 39.7. The van der Waals surface area contributed by atoms with Crippen molar-refractivity contribution in [2.45, 2.75) is 83.8 Å². The first kappa shape index (κ1) is 20.7. The fourth-order valence-electron chi connectivity index (χ4n) is 6.08. The maximum atomic E-state index is 12.9. The van der Waals surface area contributed by atoms with E-state index in [1.807, 2.05) is 6.92 Å². The Hall–Kier alpha value is -1.00. The van der Waals surface area contributed by atoms with Crippen LogP contribution in [0.4, 0.5) is 8.78 Å². The number of alkyl halides is 2. The smallest absolute Gasteiger partial charge is 0.238 e. The summed E-state index contributed by atoms with van der Waals surface area (Å²) >= 11 is 0. The first-order valence-electron chi connectivity index (χ1n) is 10.4. The van der Waals surface area contributed by atoms with Crippen LogP contribution in [0.1, 0.15) is 65.2 Å². The van der Waals surface area contributed by atoms with Crippen molar-refractivity contribution >= 4 is 0 Å². The van der Waals surface area contributed by atoms with Crippen LogP contribution < -0.4 is 0 Å². The summed E-state index contributed by atoms with van der Waals surface area (Å²) in [7, 11) is 0. The molecule has 0 radical (unpaired) electrons. The van der Waals surface area contributed by atoms with Gasteiger partial charge in [0.25, 0.3) is 0 Å². The van der Waals surface area contributed by atoms with Gasteiger partial charge in [-0.05, 0) is 73.7 Å². The molecule has 3 aliphatic rings. The van der Waals surface area contributed by atoms with Crippen molar-refractivity contribution in [3.8, 4) is 0 Å². The van der Waals surface area contributed by atoms with Crippen molar-refractivity contribution in [1.82, 2.24) is 0 Å². The number of aliphatic hydroxyl groups is 2. The minimum atomic E-state index is -2.22. The van der Waals surface area contributed by atoms with Crippen molar-refractivity contribution < 1.29 is 19.0 Å². The average Bonchev–Trinajstić information content (AvgIpc) is 2.94. The van der Waals surface area contributed by atoms with Gasteiger partial charge in [0.05, 0.1) is 12.2 Å². The van der Waals surface area contributed by atoms with Crippen molar-refractivity contribution in [1.29, 1.82) is 0 Å². The third-order valence-electron chi connectivity index (χ3n) is 7.57. The summed E-state index contributed by atoms with van der Waals surface area (Å²) in [4.78, 5) is 0. The van der Waals surface area contributed by atoms with Crippen LogP contribution in [-0.2, 0) is 0 Å². The summed E-state index contributed by atoms with van der Waals surface area (Å²) in [5.74, 6) is 0.906. The predicted molar refractivity (Wildman–Crippen MR) is 105 cm³/mol. The van der Waals surface area contributed by atoms with Gasteiger partial charge in [0.15, 0.2) is 0 Å². The SMILES string of the molecule is C=C1[C@H](O)CC(=C/C=C2\CCC[C@]3(C)[C@@H](C(C)CC(F)F)CC[C@@H]23)C[C@H]1O. The summed E-state index contributed by atoms with van der Waals surface area (Å²) in [6.45, 7) is 8.08. The molecule has 0 aromatic carbocycles. The number of hydrogen-bond acceptors (Lipinski definition) is 2. The van der Waals surface area contributed by atoms with Crippen molar-refractivity contribution in [3.63, 3.8) is 0 Å². The highest BCUT2D eigenvalue weighted by molar-refractivity contribution is 5.29. The third-order valence-corrected chi connectivity index (χ3v) is 7.57. The molecular weight excluding hydrogens is 346 g/mol. The number of rotatable bonds is 4. The second kappa shape index (κ2) is 8.16. The van der Waals surface area contributed by atoms with E-state index in [2.05, 4.69) is 25.7 Å². The Kier molecular flexibility index (Phi) is 6.27. The van der Waals surface area contributed by atoms with Crippen molar-refractivity contribution in [2.24, 2.45) is 23.2 Å². The zero-order valence-electron chi connectivity index (χ0n) is 16.6. The molecule has 2 nitrogen and oxygen atoms in total. The molecule has 152 valence electrons. The second-order valence-corrected chi connectivity index (χ2v) is 9.28. The van der Waals surface area contributed by atoms with Gasteiger partial charge in [-0.1, -0.05) is 43.7 Å². The number of allylic oxidation sites excluding steroid dienone is 3. The fraction of sp³-hybridized carbons (Fsp3) is 0.739. The molecule has 3 aliphatic carbocycles. The number of fused-ring (bicyclic) bond motifs is 1. The number of halogens is 2. The molecule has 4 heteroatoms. The zero-order valence-corrected chi connectivity index (χ0v) is 16.6. The van der Waals surface area contributed by atoms with Gasteiger partial charge in [0.2, 0.25) is 6.43 Å². The Labute approximate surface area is 162 Å². The molecular formula is C23H34F2O2. The number of hydrogen-bond donors (Lipinski definition) is 2. The minimum Gasteiger partial charge on any atom is -0.388 e. The van der Waals surface area contributed by atoms with Crippen LogP contribution in [0.15, 0.2) is 35.5 Å². The van der Waals surface area contributed by atoms with E-state index in [4.69, 9.17) is 0 Å². The monoisotopic (exact) mass is 380 g/mol. The van der Waals surface area contributed by atoms with Gasteiger partial charge in [0.1, 0.15) is 0 Å². The first-order chi connectivity index (χ1) is 12.7. The van der Waals surface area contributed by atoms with Gasteiger partial charge in [0, 0.05) is 6.42 Å². The lowest BCUT2D eigenvalue weighted by Crippen LogP contribution is -2.36. The first-order valence-corrected chi connectivity index (χ1v) is 10.4. The largest absolute Gasteiger partial charge is 0.388 e. The highest BCUT2D eigenvalue weighted by Crippen LogP contribution is 2.59. The van der Waals surface area contributed by atoms with E-state index in [-0.39, 0.29) is 17.8 Å². The van der Waals surface area contributed by atoms with E-state index in [0.29, 0.717) is 30.3 Å². The molecule has 1 unspecified atom stereocenters. The summed E-state index contributed by atoms with van der Waals surface area (Å²) in [6.07, 6.45) is 7.25. The quantitative estimate of drug-likeness (QED) is 0.640. The zero-order chi connectivity index (χ0) is 19.8. The van der Waals surface area contributed by atoms with Gasteiger partial charge in [-0.3, -0.25) is 0 Å². The van der Waals surface area contributed by atoms with Crippen LogP contribution in [0.25, 0.3) is 0 Å². The molecule has 3 fully saturated rings. The van der Waals surface area contributed by atoms with Crippen molar-refractivity contribution in [3.05, 3.63) is 35.5 Å². The van der Waals surface area contributed by atoms with Crippen LogP contribution in [0.3, 0.4) is 0 Å². The van der Waals surface area contributed by atoms with Crippen LogP contribution in [0.2, 0.25) is 0 Å². The molecule has 0 aliphatic heterocycles. The van der Waals surface area contributed by atoms with E-state index in [9.17, 15) is 19.0 Å². The van der Waals surface area contributed by atoms with E-state index in [1.54, 1.807) is 0 Å². The Balaban J connectivity index is 1.76. The molecule has 0 aromatic heterocycles. The molecule has 0 bridgehead atoms. The summed E-state index contributed by atoms with van der Waals surface area (Å²) < 4.78 is 25.8. The lowest BCUT2D eigenvalue weighted by Gasteiger charge is -2.44. The number of aliphatic hydroxyl groups excluding tert-OH is 2. The molecule has 0 aromatic rings. The standard InChI is InChI=1S/C23H34F2O2/c1-14(11-22(24)25)18-8-9-19-17(5-4-10-23(18,19)3)7-6-16-12-20(26)15(2)21(27)13-16/h6-7,14,18-22,26-27H,2,4-5,8-13H2,1,3H3/b17-7+/t14?,18-,19+,20-,21-,23-/m1/s1.